The summed E-state index contributed by atoms with van der Waals surface area (Å²) < 4.78 is 0.339. The highest BCUT2D eigenvalue weighted by Gasteiger charge is 2.26. The van der Waals surface area contributed by atoms with Gasteiger partial charge in [0.1, 0.15) is 11.6 Å². The highest BCUT2D eigenvalue weighted by Crippen LogP contribution is 2.29. The van der Waals surface area contributed by atoms with Crippen molar-refractivity contribution in [1.82, 2.24) is 0 Å². The molecule has 0 aliphatic carbocycles. The van der Waals surface area contributed by atoms with Gasteiger partial charge in [0.05, 0.1) is 19.4 Å². The van der Waals surface area contributed by atoms with E-state index in [1.807, 2.05) is 0 Å². The summed E-state index contributed by atoms with van der Waals surface area (Å²) in [7, 11) is 0. The van der Waals surface area contributed by atoms with Crippen molar-refractivity contribution >= 4 is 50.0 Å². The zero-order chi connectivity index (χ0) is 12.3. The summed E-state index contributed by atoms with van der Waals surface area (Å²) in [5.74, 6) is -0.471. The van der Waals surface area contributed by atoms with Crippen LogP contribution in [0.2, 0.25) is 0 Å². The second kappa shape index (κ2) is 5.36. The number of carbonyl (C=O) groups excluding carboxylic acids is 1. The Hall–Kier alpha value is -1.01. The highest BCUT2D eigenvalue weighted by atomic mass is 127. The second-order valence-corrected chi connectivity index (χ2v) is 4.47. The van der Waals surface area contributed by atoms with E-state index in [0.717, 1.165) is 0 Å². The Labute approximate surface area is 113 Å². The van der Waals surface area contributed by atoms with E-state index in [0.29, 0.717) is 3.57 Å². The van der Waals surface area contributed by atoms with Crippen LogP contribution in [-0.2, 0) is 0 Å². The maximum Gasteiger partial charge on any atom is 0.294 e. The summed E-state index contributed by atoms with van der Waals surface area (Å²) in [5.41, 5.74) is -0.406. The molecule has 1 aromatic rings. The van der Waals surface area contributed by atoms with E-state index in [9.17, 15) is 14.9 Å². The third-order valence-corrected chi connectivity index (χ3v) is 3.21. The van der Waals surface area contributed by atoms with E-state index in [1.165, 1.54) is 12.1 Å². The number of ketones is 1. The van der Waals surface area contributed by atoms with Crippen LogP contribution in [0.15, 0.2) is 12.1 Å². The van der Waals surface area contributed by atoms with Gasteiger partial charge in [0, 0.05) is 0 Å². The SMILES string of the molecule is N#Cc1ccc(I)c([N+](=O)[O-])c1C(=O)CBr. The molecule has 0 spiro atoms. The molecule has 16 heavy (non-hydrogen) atoms. The number of Topliss-reactive ketones (excluding diaryl/α,β-unsaturated/α-hetero) is 1. The van der Waals surface area contributed by atoms with E-state index >= 15 is 0 Å². The first-order chi connectivity index (χ1) is 7.52. The zero-order valence-electron chi connectivity index (χ0n) is 7.74. The molecule has 0 saturated carbocycles. The first-order valence-electron chi connectivity index (χ1n) is 3.99. The lowest BCUT2D eigenvalue weighted by molar-refractivity contribution is -0.386. The van der Waals surface area contributed by atoms with Gasteiger partial charge in [-0.1, -0.05) is 15.9 Å². The largest absolute Gasteiger partial charge is 0.294 e. The van der Waals surface area contributed by atoms with Crippen molar-refractivity contribution < 1.29 is 9.72 Å². The van der Waals surface area contributed by atoms with Crippen molar-refractivity contribution in [2.24, 2.45) is 0 Å². The van der Waals surface area contributed by atoms with Crippen molar-refractivity contribution in [3.8, 4) is 6.07 Å². The molecule has 0 amide bonds. The van der Waals surface area contributed by atoms with Crippen LogP contribution in [0, 0.1) is 25.0 Å². The fourth-order valence-electron chi connectivity index (χ4n) is 1.19. The summed E-state index contributed by atoms with van der Waals surface area (Å²) in [5, 5.41) is 19.6. The van der Waals surface area contributed by atoms with E-state index in [-0.39, 0.29) is 22.1 Å². The number of carbonyl (C=O) groups is 1. The molecule has 0 aliphatic heterocycles. The second-order valence-electron chi connectivity index (χ2n) is 2.74. The Morgan fingerprint density at radius 1 is 1.62 bits per heavy atom. The van der Waals surface area contributed by atoms with E-state index in [1.54, 1.807) is 28.7 Å². The molecule has 5 nitrogen and oxygen atoms in total. The van der Waals surface area contributed by atoms with E-state index < -0.39 is 10.7 Å². The van der Waals surface area contributed by atoms with Crippen molar-refractivity contribution in [2.45, 2.75) is 0 Å². The maximum absolute atomic E-state index is 11.6. The lowest BCUT2D eigenvalue weighted by Gasteiger charge is -2.03. The molecule has 0 N–H and O–H groups in total. The third-order valence-electron chi connectivity index (χ3n) is 1.83. The Balaban J connectivity index is 3.63. The molecule has 7 heteroatoms. The average Bonchev–Trinajstić information content (AvgIpc) is 2.27. The van der Waals surface area contributed by atoms with Crippen LogP contribution in [0.25, 0.3) is 0 Å². The Kier molecular flexibility index (Phi) is 4.37. The number of nitro groups is 1. The van der Waals surface area contributed by atoms with Crippen LogP contribution in [0.4, 0.5) is 5.69 Å². The topological polar surface area (TPSA) is 84.0 Å². The molecule has 0 aromatic heterocycles. The number of nitriles is 1. The standard InChI is InChI=1S/C9H4BrIN2O3/c10-3-7(14)8-5(4-12)1-2-6(11)9(8)13(15)16/h1-2H,3H2. The number of hydrogen-bond donors (Lipinski definition) is 0. The molecule has 0 fully saturated rings. The summed E-state index contributed by atoms with van der Waals surface area (Å²) in [6, 6.07) is 4.64. The smallest absolute Gasteiger partial charge is 0.293 e. The number of hydrogen-bond acceptors (Lipinski definition) is 4. The molecule has 0 saturated heterocycles. The van der Waals surface area contributed by atoms with Crippen LogP contribution >= 0.6 is 38.5 Å². The molecule has 1 aromatic carbocycles. The van der Waals surface area contributed by atoms with Crippen LogP contribution < -0.4 is 0 Å². The molecule has 0 bridgehead atoms. The lowest BCUT2D eigenvalue weighted by atomic mass is 10.0. The molecule has 0 radical (unpaired) electrons. The van der Waals surface area contributed by atoms with Crippen molar-refractivity contribution in [2.75, 3.05) is 5.33 Å². The predicted octanol–water partition coefficient (Wildman–Crippen LogP) is 2.65. The van der Waals surface area contributed by atoms with Crippen LogP contribution in [0.5, 0.6) is 0 Å². The minimum atomic E-state index is -0.640. The van der Waals surface area contributed by atoms with Gasteiger partial charge in [-0.3, -0.25) is 14.9 Å². The van der Waals surface area contributed by atoms with Gasteiger partial charge in [0.15, 0.2) is 5.78 Å². The number of alkyl halides is 1. The van der Waals surface area contributed by atoms with Gasteiger partial charge in [-0.25, -0.2) is 0 Å². The van der Waals surface area contributed by atoms with Gasteiger partial charge in [0.25, 0.3) is 5.69 Å². The van der Waals surface area contributed by atoms with Gasteiger partial charge < -0.3 is 0 Å². The first kappa shape index (κ1) is 13.1. The van der Waals surface area contributed by atoms with Crippen molar-refractivity contribution in [1.29, 1.82) is 5.26 Å². The third kappa shape index (κ3) is 2.38. The minimum Gasteiger partial charge on any atom is -0.293 e. The molecule has 82 valence electrons. The summed E-state index contributed by atoms with van der Waals surface area (Å²) in [6.45, 7) is 0. The van der Waals surface area contributed by atoms with Crippen LogP contribution in [0.1, 0.15) is 15.9 Å². The number of rotatable bonds is 3. The van der Waals surface area contributed by atoms with Gasteiger partial charge in [-0.15, -0.1) is 0 Å². The molecule has 0 unspecified atom stereocenters. The van der Waals surface area contributed by atoms with E-state index in [2.05, 4.69) is 15.9 Å². The summed E-state index contributed by atoms with van der Waals surface area (Å²) >= 11 is 4.70. The van der Waals surface area contributed by atoms with E-state index in [4.69, 9.17) is 5.26 Å². The fraction of sp³-hybridized carbons (Fsp3) is 0.111. The minimum absolute atomic E-state index is 0.0246. The molecular formula is C9H4BrIN2O3. The molecular weight excluding hydrogens is 391 g/mol. The Morgan fingerprint density at radius 2 is 2.25 bits per heavy atom. The number of nitro benzene ring substituents is 1. The average molecular weight is 395 g/mol. The lowest BCUT2D eigenvalue weighted by Crippen LogP contribution is -2.09. The molecule has 0 aliphatic rings. The molecule has 0 atom stereocenters. The van der Waals surface area contributed by atoms with Gasteiger partial charge in [0.2, 0.25) is 0 Å². The number of nitrogens with zero attached hydrogens (tertiary/aromatic N) is 2. The number of halogens is 2. The quantitative estimate of drug-likeness (QED) is 0.259. The highest BCUT2D eigenvalue weighted by molar-refractivity contribution is 14.1. The van der Waals surface area contributed by atoms with Crippen LogP contribution in [0.3, 0.4) is 0 Å². The molecule has 1 rings (SSSR count). The van der Waals surface area contributed by atoms with Gasteiger partial charge >= 0.3 is 0 Å². The van der Waals surface area contributed by atoms with Gasteiger partial charge in [-0.2, -0.15) is 5.26 Å². The summed E-state index contributed by atoms with van der Waals surface area (Å²) in [4.78, 5) is 21.8. The van der Waals surface area contributed by atoms with Gasteiger partial charge in [-0.05, 0) is 34.7 Å². The predicted molar refractivity (Wildman–Crippen MR) is 68.7 cm³/mol. The van der Waals surface area contributed by atoms with Crippen molar-refractivity contribution in [3.05, 3.63) is 36.9 Å². The number of benzene rings is 1. The van der Waals surface area contributed by atoms with Crippen LogP contribution in [-0.4, -0.2) is 16.0 Å². The zero-order valence-corrected chi connectivity index (χ0v) is 11.5. The molecule has 0 heterocycles. The fourth-order valence-corrected chi connectivity index (χ4v) is 2.11. The monoisotopic (exact) mass is 394 g/mol. The van der Waals surface area contributed by atoms with Crippen molar-refractivity contribution in [3.63, 3.8) is 0 Å². The maximum atomic E-state index is 11.6. The summed E-state index contributed by atoms with van der Waals surface area (Å²) in [6.07, 6.45) is 0. The normalized spacial score (nSPS) is 9.56. The first-order valence-corrected chi connectivity index (χ1v) is 6.19. The Bertz CT molecular complexity index is 510. The Morgan fingerprint density at radius 3 is 2.69 bits per heavy atom.